The standard InChI is InChI=1S/C56H39N/c1-3-15-40(16-4-1)41-29-34-47(35-30-41)57(48-36-31-42(32-37-48)45-33-38-51-46(39-45)28-27-44-19-7-8-20-49(44)51)56-26-14-13-25-55(56)54-24-12-11-23-53(54)52-22-10-9-21-50(52)43-17-5-2-6-18-43/h1-39H/i1D,3D,4D,15D,16D. The van der Waals surface area contributed by atoms with Crippen LogP contribution in [0.3, 0.4) is 0 Å². The van der Waals surface area contributed by atoms with Crippen LogP contribution in [0.25, 0.3) is 77.2 Å². The fourth-order valence-corrected chi connectivity index (χ4v) is 8.03. The van der Waals surface area contributed by atoms with Gasteiger partial charge in [0, 0.05) is 16.9 Å². The highest BCUT2D eigenvalue weighted by molar-refractivity contribution is 6.08. The van der Waals surface area contributed by atoms with Gasteiger partial charge in [0.1, 0.15) is 0 Å². The van der Waals surface area contributed by atoms with Gasteiger partial charge in [-0.3, -0.25) is 0 Å². The largest absolute Gasteiger partial charge is 0.310 e. The van der Waals surface area contributed by atoms with Crippen molar-refractivity contribution in [3.8, 4) is 55.6 Å². The quantitative estimate of drug-likeness (QED) is 0.141. The first-order chi connectivity index (χ1) is 30.4. The molecule has 0 aliphatic rings. The molecule has 0 aromatic heterocycles. The SMILES string of the molecule is [2H]c1c([2H])c([2H])c(-c2ccc(N(c3ccc(-c4ccc5c(ccc6ccccc65)c4)cc3)c3ccccc3-c3ccccc3-c3ccccc3-c3ccccc3)cc2)c([2H])c1[2H]. The number of rotatable bonds is 8. The van der Waals surface area contributed by atoms with Gasteiger partial charge < -0.3 is 4.90 Å². The highest BCUT2D eigenvalue weighted by atomic mass is 15.1. The molecule has 57 heavy (non-hydrogen) atoms. The summed E-state index contributed by atoms with van der Waals surface area (Å²) < 4.78 is 42.0. The second-order valence-corrected chi connectivity index (χ2v) is 14.1. The van der Waals surface area contributed by atoms with Gasteiger partial charge in [-0.2, -0.15) is 0 Å². The van der Waals surface area contributed by atoms with Crippen LogP contribution < -0.4 is 4.90 Å². The molecule has 0 atom stereocenters. The maximum absolute atomic E-state index is 8.65. The van der Waals surface area contributed by atoms with Crippen molar-refractivity contribution >= 4 is 38.6 Å². The molecule has 268 valence electrons. The van der Waals surface area contributed by atoms with Crippen molar-refractivity contribution < 1.29 is 6.85 Å². The molecule has 0 saturated heterocycles. The van der Waals surface area contributed by atoms with Crippen LogP contribution in [-0.4, -0.2) is 0 Å². The summed E-state index contributed by atoms with van der Waals surface area (Å²) in [4.78, 5) is 2.23. The van der Waals surface area contributed by atoms with Crippen LogP contribution in [-0.2, 0) is 0 Å². The second-order valence-electron chi connectivity index (χ2n) is 14.1. The molecule has 10 aromatic carbocycles. The van der Waals surface area contributed by atoms with Gasteiger partial charge >= 0.3 is 0 Å². The Labute approximate surface area is 341 Å². The van der Waals surface area contributed by atoms with Crippen LogP contribution in [0, 0.1) is 0 Å². The number of fused-ring (bicyclic) bond motifs is 3. The number of para-hydroxylation sites is 1. The van der Waals surface area contributed by atoms with E-state index >= 15 is 0 Å². The van der Waals surface area contributed by atoms with Gasteiger partial charge in [-0.1, -0.05) is 200 Å². The predicted molar refractivity (Wildman–Crippen MR) is 243 cm³/mol. The molecular weight excluding hydrogens is 687 g/mol. The lowest BCUT2D eigenvalue weighted by Crippen LogP contribution is -2.11. The molecule has 0 saturated carbocycles. The Morgan fingerprint density at radius 1 is 0.298 bits per heavy atom. The Balaban J connectivity index is 1.12. The van der Waals surface area contributed by atoms with Crippen molar-refractivity contribution in [1.29, 1.82) is 0 Å². The molecule has 10 rings (SSSR count). The molecule has 0 radical (unpaired) electrons. The molecule has 10 aromatic rings. The second kappa shape index (κ2) is 15.0. The van der Waals surface area contributed by atoms with Crippen LogP contribution in [0.2, 0.25) is 0 Å². The van der Waals surface area contributed by atoms with E-state index in [1.54, 1.807) is 0 Å². The first-order valence-electron chi connectivity index (χ1n) is 21.7. The first-order valence-corrected chi connectivity index (χ1v) is 19.2. The van der Waals surface area contributed by atoms with E-state index in [-0.39, 0.29) is 29.7 Å². The van der Waals surface area contributed by atoms with Gasteiger partial charge in [0.25, 0.3) is 0 Å². The van der Waals surface area contributed by atoms with Crippen LogP contribution in [0.15, 0.2) is 236 Å². The predicted octanol–water partition coefficient (Wildman–Crippen LogP) is 15.8. The molecule has 0 aliphatic carbocycles. The van der Waals surface area contributed by atoms with E-state index in [1.165, 1.54) is 21.5 Å². The Bertz CT molecular complexity index is 3260. The summed E-state index contributed by atoms with van der Waals surface area (Å²) in [5.41, 5.74) is 12.3. The number of hydrogen-bond acceptors (Lipinski definition) is 1. The maximum atomic E-state index is 8.65. The first kappa shape index (κ1) is 28.9. The number of nitrogens with zero attached hydrogens (tertiary/aromatic N) is 1. The Morgan fingerprint density at radius 3 is 1.49 bits per heavy atom. The highest BCUT2D eigenvalue weighted by Crippen LogP contribution is 2.45. The van der Waals surface area contributed by atoms with Crippen LogP contribution in [0.4, 0.5) is 17.1 Å². The molecule has 0 heterocycles. The zero-order chi connectivity index (χ0) is 42.3. The third kappa shape index (κ3) is 6.56. The van der Waals surface area contributed by atoms with Gasteiger partial charge in [-0.15, -0.1) is 0 Å². The average Bonchev–Trinajstić information content (AvgIpc) is 3.34. The molecular formula is C56H39N. The molecule has 0 bridgehead atoms. The normalized spacial score (nSPS) is 12.4. The lowest BCUT2D eigenvalue weighted by Gasteiger charge is -2.29. The van der Waals surface area contributed by atoms with E-state index in [0.29, 0.717) is 5.56 Å². The fourth-order valence-electron chi connectivity index (χ4n) is 8.03. The minimum absolute atomic E-state index is 0.174. The highest BCUT2D eigenvalue weighted by Gasteiger charge is 2.20. The molecule has 0 N–H and O–H groups in total. The van der Waals surface area contributed by atoms with E-state index in [0.717, 1.165) is 61.6 Å². The summed E-state index contributed by atoms with van der Waals surface area (Å²) in [7, 11) is 0. The Morgan fingerprint density at radius 2 is 0.789 bits per heavy atom. The monoisotopic (exact) mass is 730 g/mol. The molecule has 1 nitrogen and oxygen atoms in total. The molecule has 1 heteroatoms. The minimum Gasteiger partial charge on any atom is -0.310 e. The fraction of sp³-hybridized carbons (Fsp3) is 0. The Hall–Kier alpha value is -7.48. The lowest BCUT2D eigenvalue weighted by atomic mass is 9.88. The molecule has 0 fully saturated rings. The maximum Gasteiger partial charge on any atom is 0.0629 e. The summed E-state index contributed by atoms with van der Waals surface area (Å²) in [5, 5.41) is 4.88. The van der Waals surface area contributed by atoms with E-state index in [2.05, 4.69) is 181 Å². The number of benzene rings is 10. The topological polar surface area (TPSA) is 3.24 Å². The number of anilines is 3. The number of hydrogen-bond donors (Lipinski definition) is 0. The smallest absolute Gasteiger partial charge is 0.0629 e. The van der Waals surface area contributed by atoms with Crippen LogP contribution in [0.1, 0.15) is 6.85 Å². The average molecular weight is 731 g/mol. The van der Waals surface area contributed by atoms with Crippen molar-refractivity contribution in [3.63, 3.8) is 0 Å². The zero-order valence-corrected chi connectivity index (χ0v) is 31.1. The van der Waals surface area contributed by atoms with E-state index in [4.69, 9.17) is 6.85 Å². The third-order valence-electron chi connectivity index (χ3n) is 10.8. The van der Waals surface area contributed by atoms with Gasteiger partial charge in [-0.05, 0) is 108 Å². The molecule has 0 aliphatic heterocycles. The van der Waals surface area contributed by atoms with E-state index in [1.807, 2.05) is 30.3 Å². The summed E-state index contributed by atoms with van der Waals surface area (Å²) >= 11 is 0. The summed E-state index contributed by atoms with van der Waals surface area (Å²) in [6.45, 7) is 0. The van der Waals surface area contributed by atoms with Gasteiger partial charge in [0.15, 0.2) is 0 Å². The van der Waals surface area contributed by atoms with Crippen molar-refractivity contribution in [3.05, 3.63) is 236 Å². The molecule has 0 spiro atoms. The lowest BCUT2D eigenvalue weighted by molar-refractivity contribution is 1.28. The third-order valence-corrected chi connectivity index (χ3v) is 10.8. The van der Waals surface area contributed by atoms with Gasteiger partial charge in [-0.25, -0.2) is 0 Å². The summed E-state index contributed by atoms with van der Waals surface area (Å²) in [6.07, 6.45) is 0. The van der Waals surface area contributed by atoms with E-state index < -0.39 is 6.04 Å². The summed E-state index contributed by atoms with van der Waals surface area (Å²) in [5.74, 6) is 0. The van der Waals surface area contributed by atoms with Crippen molar-refractivity contribution in [2.24, 2.45) is 0 Å². The van der Waals surface area contributed by atoms with E-state index in [9.17, 15) is 0 Å². The van der Waals surface area contributed by atoms with Crippen LogP contribution in [0.5, 0.6) is 0 Å². The molecule has 0 unspecified atom stereocenters. The van der Waals surface area contributed by atoms with Crippen molar-refractivity contribution in [1.82, 2.24) is 0 Å². The zero-order valence-electron chi connectivity index (χ0n) is 36.1. The molecule has 0 amide bonds. The Kier molecular flexibility index (Phi) is 7.59. The van der Waals surface area contributed by atoms with Gasteiger partial charge in [0.2, 0.25) is 0 Å². The van der Waals surface area contributed by atoms with Crippen molar-refractivity contribution in [2.75, 3.05) is 4.90 Å². The summed E-state index contributed by atoms with van der Waals surface area (Å²) in [6, 6.07) is 70.2. The van der Waals surface area contributed by atoms with Gasteiger partial charge in [0.05, 0.1) is 12.5 Å². The van der Waals surface area contributed by atoms with Crippen molar-refractivity contribution in [2.45, 2.75) is 0 Å². The van der Waals surface area contributed by atoms with Crippen LogP contribution >= 0.6 is 0 Å². The minimum atomic E-state index is -0.407.